The molecule has 0 heterocycles. The van der Waals surface area contributed by atoms with Crippen LogP contribution in [-0.2, 0) is 21.0 Å². The molecule has 1 amide bonds. The number of rotatable bonds is 5. The number of carbonyl (C=O) groups is 1. The van der Waals surface area contributed by atoms with E-state index in [9.17, 15) is 26.4 Å². The first-order valence-corrected chi connectivity index (χ1v) is 9.31. The first-order valence-electron chi connectivity index (χ1n) is 7.46. The van der Waals surface area contributed by atoms with Crippen molar-refractivity contribution in [2.75, 3.05) is 22.4 Å². The molecule has 6 nitrogen and oxygen atoms in total. The molecule has 2 rings (SSSR count). The molecule has 0 atom stereocenters. The summed E-state index contributed by atoms with van der Waals surface area (Å²) in [5.41, 5.74) is -1.30. The minimum absolute atomic E-state index is 0.0517. The summed E-state index contributed by atoms with van der Waals surface area (Å²) < 4.78 is 63.8. The minimum Gasteiger partial charge on any atom is -0.324 e. The molecule has 0 aliphatic heterocycles. The Kier molecular flexibility index (Phi) is 5.75. The van der Waals surface area contributed by atoms with Crippen molar-refractivity contribution in [3.8, 4) is 6.07 Å². The lowest BCUT2D eigenvalue weighted by Crippen LogP contribution is -2.37. The quantitative estimate of drug-likeness (QED) is 0.840. The van der Waals surface area contributed by atoms with E-state index in [1.165, 1.54) is 36.4 Å². The molecule has 0 aliphatic rings. The van der Waals surface area contributed by atoms with Crippen LogP contribution in [0.2, 0.25) is 0 Å². The van der Waals surface area contributed by atoms with Gasteiger partial charge in [-0.3, -0.25) is 9.10 Å². The lowest BCUT2D eigenvalue weighted by molar-refractivity contribution is -0.137. The van der Waals surface area contributed by atoms with Gasteiger partial charge in [-0.05, 0) is 30.3 Å². The maximum absolute atomic E-state index is 13.0. The Morgan fingerprint density at radius 2 is 1.85 bits per heavy atom. The van der Waals surface area contributed by atoms with Crippen LogP contribution in [0.25, 0.3) is 0 Å². The number of para-hydroxylation sites is 1. The van der Waals surface area contributed by atoms with Crippen LogP contribution < -0.4 is 9.62 Å². The first kappa shape index (κ1) is 20.3. The molecule has 2 aromatic rings. The van der Waals surface area contributed by atoms with Crippen LogP contribution in [0.15, 0.2) is 48.5 Å². The van der Waals surface area contributed by atoms with Gasteiger partial charge in [0, 0.05) is 0 Å². The smallest absolute Gasteiger partial charge is 0.324 e. The van der Waals surface area contributed by atoms with Gasteiger partial charge in [-0.25, -0.2) is 8.42 Å². The molecular formula is C17H14F3N3O3S. The third kappa shape index (κ3) is 5.21. The van der Waals surface area contributed by atoms with Gasteiger partial charge in [-0.1, -0.05) is 18.2 Å². The van der Waals surface area contributed by atoms with Crippen LogP contribution in [0.4, 0.5) is 24.5 Å². The highest BCUT2D eigenvalue weighted by Crippen LogP contribution is 2.34. The van der Waals surface area contributed by atoms with Crippen molar-refractivity contribution >= 4 is 27.3 Å². The van der Waals surface area contributed by atoms with E-state index in [-0.39, 0.29) is 11.3 Å². The second-order valence-corrected chi connectivity index (χ2v) is 7.43. The number of sulfonamides is 1. The van der Waals surface area contributed by atoms with E-state index in [4.69, 9.17) is 5.26 Å². The summed E-state index contributed by atoms with van der Waals surface area (Å²) in [5.74, 6) is -0.959. The number of benzene rings is 2. The minimum atomic E-state index is -4.68. The monoisotopic (exact) mass is 397 g/mol. The molecule has 0 aliphatic carbocycles. The van der Waals surface area contributed by atoms with Gasteiger partial charge < -0.3 is 5.32 Å². The van der Waals surface area contributed by atoms with Crippen LogP contribution in [0.5, 0.6) is 0 Å². The Morgan fingerprint density at radius 1 is 1.19 bits per heavy atom. The molecule has 142 valence electrons. The number of nitrogens with one attached hydrogen (secondary N) is 1. The normalized spacial score (nSPS) is 11.5. The van der Waals surface area contributed by atoms with Crippen molar-refractivity contribution in [1.29, 1.82) is 5.26 Å². The highest BCUT2D eigenvalue weighted by Gasteiger charge is 2.33. The van der Waals surface area contributed by atoms with Crippen molar-refractivity contribution in [2.24, 2.45) is 0 Å². The van der Waals surface area contributed by atoms with Crippen LogP contribution in [0.1, 0.15) is 11.1 Å². The molecule has 0 saturated carbocycles. The van der Waals surface area contributed by atoms with E-state index >= 15 is 0 Å². The van der Waals surface area contributed by atoms with Crippen LogP contribution in [0, 0.1) is 11.3 Å². The van der Waals surface area contributed by atoms with Gasteiger partial charge in [0.05, 0.1) is 34.8 Å². The number of carbonyl (C=O) groups excluding carboxylic acids is 1. The number of nitrogens with zero attached hydrogens (tertiary/aromatic N) is 2. The van der Waals surface area contributed by atoms with Gasteiger partial charge in [0.1, 0.15) is 6.54 Å². The molecule has 0 bridgehead atoms. The fraction of sp³-hybridized carbons (Fsp3) is 0.176. The average Bonchev–Trinajstić information content (AvgIpc) is 2.58. The maximum Gasteiger partial charge on any atom is 0.418 e. The second-order valence-electron chi connectivity index (χ2n) is 5.52. The fourth-order valence-electron chi connectivity index (χ4n) is 2.29. The number of hydrogen-bond acceptors (Lipinski definition) is 4. The molecule has 0 spiro atoms. The number of halogens is 3. The highest BCUT2D eigenvalue weighted by atomic mass is 32.2. The average molecular weight is 397 g/mol. The molecule has 0 aromatic heterocycles. The maximum atomic E-state index is 13.0. The lowest BCUT2D eigenvalue weighted by Gasteiger charge is -2.22. The molecule has 0 saturated heterocycles. The zero-order chi connectivity index (χ0) is 20.2. The zero-order valence-corrected chi connectivity index (χ0v) is 14.8. The summed E-state index contributed by atoms with van der Waals surface area (Å²) in [5, 5.41) is 11.0. The van der Waals surface area contributed by atoms with Gasteiger partial charge >= 0.3 is 6.18 Å². The van der Waals surface area contributed by atoms with Crippen molar-refractivity contribution < 1.29 is 26.4 Å². The Hall–Kier alpha value is -3.06. The van der Waals surface area contributed by atoms with E-state index in [2.05, 4.69) is 5.32 Å². The number of anilines is 2. The molecule has 0 unspecified atom stereocenters. The van der Waals surface area contributed by atoms with Gasteiger partial charge in [0.2, 0.25) is 15.9 Å². The van der Waals surface area contributed by atoms with E-state index in [1.807, 2.05) is 6.07 Å². The predicted octanol–water partition coefficient (Wildman–Crippen LogP) is 2.98. The van der Waals surface area contributed by atoms with Crippen LogP contribution >= 0.6 is 0 Å². The predicted molar refractivity (Wildman–Crippen MR) is 93.4 cm³/mol. The van der Waals surface area contributed by atoms with Gasteiger partial charge in [0.25, 0.3) is 0 Å². The number of nitriles is 1. The molecular weight excluding hydrogens is 383 g/mol. The third-order valence-electron chi connectivity index (χ3n) is 3.46. The molecule has 2 aromatic carbocycles. The number of amides is 1. The summed E-state index contributed by atoms with van der Waals surface area (Å²) in [7, 11) is -3.93. The summed E-state index contributed by atoms with van der Waals surface area (Å²) in [6.45, 7) is -0.750. The Labute approximate surface area is 153 Å². The summed E-state index contributed by atoms with van der Waals surface area (Å²) >= 11 is 0. The highest BCUT2D eigenvalue weighted by molar-refractivity contribution is 7.92. The topological polar surface area (TPSA) is 90.3 Å². The Morgan fingerprint density at radius 3 is 2.44 bits per heavy atom. The van der Waals surface area contributed by atoms with E-state index in [0.717, 1.165) is 18.4 Å². The zero-order valence-electron chi connectivity index (χ0n) is 14.0. The van der Waals surface area contributed by atoms with E-state index < -0.39 is 39.9 Å². The van der Waals surface area contributed by atoms with Gasteiger partial charge in [-0.2, -0.15) is 18.4 Å². The summed E-state index contributed by atoms with van der Waals surface area (Å²) in [6.07, 6.45) is -3.83. The van der Waals surface area contributed by atoms with Crippen molar-refractivity contribution in [1.82, 2.24) is 0 Å². The van der Waals surface area contributed by atoms with E-state index in [0.29, 0.717) is 4.31 Å². The van der Waals surface area contributed by atoms with Crippen LogP contribution in [0.3, 0.4) is 0 Å². The van der Waals surface area contributed by atoms with Crippen molar-refractivity contribution in [3.63, 3.8) is 0 Å². The molecule has 0 fully saturated rings. The molecule has 10 heteroatoms. The summed E-state index contributed by atoms with van der Waals surface area (Å²) in [6, 6.07) is 11.7. The molecule has 1 N–H and O–H groups in total. The van der Waals surface area contributed by atoms with Gasteiger partial charge in [0.15, 0.2) is 0 Å². The number of alkyl halides is 3. The third-order valence-corrected chi connectivity index (χ3v) is 4.60. The van der Waals surface area contributed by atoms with E-state index in [1.54, 1.807) is 0 Å². The van der Waals surface area contributed by atoms with Gasteiger partial charge in [-0.15, -0.1) is 0 Å². The molecule has 0 radical (unpaired) electrons. The second kappa shape index (κ2) is 7.67. The van der Waals surface area contributed by atoms with Crippen molar-refractivity contribution in [2.45, 2.75) is 6.18 Å². The SMILES string of the molecule is CS(=O)(=O)N(CC(=O)Nc1ccccc1C(F)(F)F)c1cccc(C#N)c1. The van der Waals surface area contributed by atoms with Crippen molar-refractivity contribution in [3.05, 3.63) is 59.7 Å². The summed E-state index contributed by atoms with van der Waals surface area (Å²) in [4.78, 5) is 12.2. The standard InChI is InChI=1S/C17H14F3N3O3S/c1-27(25,26)23(13-6-4-5-12(9-13)10-21)11-16(24)22-15-8-3-2-7-14(15)17(18,19)20/h2-9H,11H2,1H3,(H,22,24). The fourth-order valence-corrected chi connectivity index (χ4v) is 3.14. The number of hydrogen-bond donors (Lipinski definition) is 1. The molecule has 27 heavy (non-hydrogen) atoms. The Bertz CT molecular complexity index is 998. The first-order chi connectivity index (χ1) is 12.5. The lowest BCUT2D eigenvalue weighted by atomic mass is 10.1. The van der Waals surface area contributed by atoms with Crippen LogP contribution in [-0.4, -0.2) is 27.1 Å². The Balaban J connectivity index is 2.30. The largest absolute Gasteiger partial charge is 0.418 e.